The number of nitrogens with one attached hydrogen (secondary N) is 1. The van der Waals surface area contributed by atoms with Gasteiger partial charge < -0.3 is 15.2 Å². The molecule has 1 aliphatic heterocycles. The molecule has 0 radical (unpaired) electrons. The second-order valence-electron chi connectivity index (χ2n) is 4.99. The average molecular weight is 299 g/mol. The highest BCUT2D eigenvalue weighted by Crippen LogP contribution is 2.18. The van der Waals surface area contributed by atoms with E-state index in [0.717, 1.165) is 0 Å². The Morgan fingerprint density at radius 3 is 2.48 bits per heavy atom. The predicted molar refractivity (Wildman–Crippen MR) is 69.2 cm³/mol. The van der Waals surface area contributed by atoms with Gasteiger partial charge >= 0.3 is 5.97 Å². The van der Waals surface area contributed by atoms with Crippen LogP contribution in [0.5, 0.6) is 0 Å². The normalized spacial score (nSPS) is 21.9. The number of benzene rings is 1. The first kappa shape index (κ1) is 15.4. The molecule has 2 rings (SSSR count). The molecule has 114 valence electrons. The number of carbonyl (C=O) groups excluding carboxylic acids is 1. The van der Waals surface area contributed by atoms with Gasteiger partial charge in [-0.3, -0.25) is 4.79 Å². The zero-order valence-electron chi connectivity index (χ0n) is 11.4. The van der Waals surface area contributed by atoms with Gasteiger partial charge in [0, 0.05) is 12.6 Å². The number of amides is 1. The Morgan fingerprint density at radius 1 is 1.29 bits per heavy atom. The second-order valence-corrected chi connectivity index (χ2v) is 4.99. The van der Waals surface area contributed by atoms with Crippen LogP contribution in [0.15, 0.2) is 12.1 Å². The molecule has 5 nitrogen and oxygen atoms in total. The Bertz CT molecular complexity index is 576. The zero-order chi connectivity index (χ0) is 15.6. The van der Waals surface area contributed by atoms with E-state index in [1.54, 1.807) is 0 Å². The Morgan fingerprint density at radius 2 is 1.90 bits per heavy atom. The van der Waals surface area contributed by atoms with Gasteiger partial charge in [-0.05, 0) is 31.9 Å². The fourth-order valence-electron chi connectivity index (χ4n) is 2.30. The molecule has 1 fully saturated rings. The van der Waals surface area contributed by atoms with E-state index in [0.29, 0.717) is 31.6 Å². The van der Waals surface area contributed by atoms with Crippen molar-refractivity contribution in [2.75, 3.05) is 6.61 Å². The van der Waals surface area contributed by atoms with Crippen LogP contribution in [0.25, 0.3) is 0 Å². The minimum absolute atomic E-state index is 0.0204. The van der Waals surface area contributed by atoms with Gasteiger partial charge in [-0.25, -0.2) is 13.6 Å². The molecule has 2 N–H and O–H groups in total. The average Bonchev–Trinajstić information content (AvgIpc) is 2.41. The van der Waals surface area contributed by atoms with Crippen LogP contribution in [0.4, 0.5) is 8.78 Å². The Balaban J connectivity index is 2.22. The largest absolute Gasteiger partial charge is 0.478 e. The smallest absolute Gasteiger partial charge is 0.336 e. The van der Waals surface area contributed by atoms with Crippen LogP contribution in [0.3, 0.4) is 0 Å². The van der Waals surface area contributed by atoms with Crippen LogP contribution >= 0.6 is 0 Å². The van der Waals surface area contributed by atoms with E-state index < -0.39 is 29.1 Å². The molecular weight excluding hydrogens is 284 g/mol. The lowest BCUT2D eigenvalue weighted by atomic mass is 10.0. The lowest BCUT2D eigenvalue weighted by Crippen LogP contribution is -2.41. The minimum atomic E-state index is -1.49. The van der Waals surface area contributed by atoms with Crippen LogP contribution < -0.4 is 5.32 Å². The highest BCUT2D eigenvalue weighted by molar-refractivity contribution is 6.04. The third-order valence-corrected chi connectivity index (χ3v) is 3.36. The Hall–Kier alpha value is -2.02. The molecule has 21 heavy (non-hydrogen) atoms. The summed E-state index contributed by atoms with van der Waals surface area (Å²) in [5.74, 6) is -4.78. The maximum absolute atomic E-state index is 13.3. The van der Waals surface area contributed by atoms with Crippen molar-refractivity contribution >= 4 is 11.9 Å². The summed E-state index contributed by atoms with van der Waals surface area (Å²) >= 11 is 0. The van der Waals surface area contributed by atoms with Gasteiger partial charge in [0.2, 0.25) is 0 Å². The monoisotopic (exact) mass is 299 g/mol. The summed E-state index contributed by atoms with van der Waals surface area (Å²) in [6.07, 6.45) is 1.15. The molecule has 2 atom stereocenters. The Labute approximate surface area is 119 Å². The van der Waals surface area contributed by atoms with Gasteiger partial charge in [-0.15, -0.1) is 0 Å². The number of carboxylic acids is 1. The molecule has 1 aliphatic rings. The summed E-state index contributed by atoms with van der Waals surface area (Å²) in [4.78, 5) is 23.1. The molecule has 1 amide bonds. The molecule has 1 saturated heterocycles. The minimum Gasteiger partial charge on any atom is -0.478 e. The number of carboxylic acid groups (broad SMARTS) is 1. The van der Waals surface area contributed by atoms with Crippen molar-refractivity contribution < 1.29 is 28.2 Å². The SMILES string of the molecule is CC1CC(NC(=O)c2cc(F)c(F)cc2C(=O)O)CCO1. The summed E-state index contributed by atoms with van der Waals surface area (Å²) in [6.45, 7) is 2.34. The van der Waals surface area contributed by atoms with E-state index in [1.807, 2.05) is 6.92 Å². The summed E-state index contributed by atoms with van der Waals surface area (Å²) in [5.41, 5.74) is -0.952. The van der Waals surface area contributed by atoms with Crippen molar-refractivity contribution in [3.05, 3.63) is 34.9 Å². The third kappa shape index (κ3) is 3.55. The third-order valence-electron chi connectivity index (χ3n) is 3.36. The van der Waals surface area contributed by atoms with Crippen LogP contribution in [0.1, 0.15) is 40.5 Å². The molecule has 1 heterocycles. The van der Waals surface area contributed by atoms with E-state index in [1.165, 1.54) is 0 Å². The molecule has 0 aliphatic carbocycles. The van der Waals surface area contributed by atoms with Crippen molar-refractivity contribution in [3.8, 4) is 0 Å². The molecule has 0 aromatic heterocycles. The highest BCUT2D eigenvalue weighted by Gasteiger charge is 2.25. The lowest BCUT2D eigenvalue weighted by Gasteiger charge is -2.28. The molecule has 7 heteroatoms. The summed E-state index contributed by atoms with van der Waals surface area (Å²) in [7, 11) is 0. The molecule has 0 bridgehead atoms. The van der Waals surface area contributed by atoms with Crippen LogP contribution in [0.2, 0.25) is 0 Å². The first-order valence-electron chi connectivity index (χ1n) is 6.53. The van der Waals surface area contributed by atoms with E-state index in [9.17, 15) is 18.4 Å². The van der Waals surface area contributed by atoms with Crippen LogP contribution in [-0.2, 0) is 4.74 Å². The van der Waals surface area contributed by atoms with Crippen LogP contribution in [-0.4, -0.2) is 35.7 Å². The van der Waals surface area contributed by atoms with E-state index in [2.05, 4.69) is 5.32 Å². The number of hydrogen-bond donors (Lipinski definition) is 2. The van der Waals surface area contributed by atoms with Gasteiger partial charge in [-0.1, -0.05) is 0 Å². The van der Waals surface area contributed by atoms with E-state index in [4.69, 9.17) is 9.84 Å². The zero-order valence-corrected chi connectivity index (χ0v) is 11.4. The summed E-state index contributed by atoms with van der Waals surface area (Å²) < 4.78 is 31.7. The fraction of sp³-hybridized carbons (Fsp3) is 0.429. The van der Waals surface area contributed by atoms with Crippen molar-refractivity contribution in [1.82, 2.24) is 5.32 Å². The van der Waals surface area contributed by atoms with Crippen molar-refractivity contribution in [2.45, 2.75) is 31.9 Å². The number of carbonyl (C=O) groups is 2. The van der Waals surface area contributed by atoms with Gasteiger partial charge in [0.25, 0.3) is 5.91 Å². The topological polar surface area (TPSA) is 75.6 Å². The van der Waals surface area contributed by atoms with Crippen molar-refractivity contribution in [2.24, 2.45) is 0 Å². The molecular formula is C14H15F2NO4. The molecule has 0 saturated carbocycles. The van der Waals surface area contributed by atoms with Gasteiger partial charge in [0.05, 0.1) is 17.2 Å². The van der Waals surface area contributed by atoms with Gasteiger partial charge in [0.1, 0.15) is 0 Å². The van der Waals surface area contributed by atoms with Crippen molar-refractivity contribution in [1.29, 1.82) is 0 Å². The van der Waals surface area contributed by atoms with E-state index in [-0.39, 0.29) is 17.7 Å². The number of ether oxygens (including phenoxy) is 1. The quantitative estimate of drug-likeness (QED) is 0.894. The standard InChI is InChI=1S/C14H15F2NO4/c1-7-4-8(2-3-21-7)17-13(18)9-5-11(15)12(16)6-10(9)14(19)20/h5-8H,2-4H2,1H3,(H,17,18)(H,19,20). The lowest BCUT2D eigenvalue weighted by molar-refractivity contribution is 0.0136. The maximum atomic E-state index is 13.3. The fourth-order valence-corrected chi connectivity index (χ4v) is 2.30. The second kappa shape index (κ2) is 6.17. The van der Waals surface area contributed by atoms with Gasteiger partial charge in [0.15, 0.2) is 11.6 Å². The molecule has 1 aromatic rings. The first-order valence-corrected chi connectivity index (χ1v) is 6.53. The number of rotatable bonds is 3. The van der Waals surface area contributed by atoms with E-state index >= 15 is 0 Å². The maximum Gasteiger partial charge on any atom is 0.336 e. The summed E-state index contributed by atoms with van der Waals surface area (Å²) in [5, 5.41) is 11.6. The molecule has 1 aromatic carbocycles. The van der Waals surface area contributed by atoms with Crippen LogP contribution in [0, 0.1) is 11.6 Å². The number of halogens is 2. The van der Waals surface area contributed by atoms with Gasteiger partial charge in [-0.2, -0.15) is 0 Å². The van der Waals surface area contributed by atoms with Crippen molar-refractivity contribution in [3.63, 3.8) is 0 Å². The highest BCUT2D eigenvalue weighted by atomic mass is 19.2. The Kier molecular flexibility index (Phi) is 4.52. The first-order chi connectivity index (χ1) is 9.88. The number of hydrogen-bond acceptors (Lipinski definition) is 3. The predicted octanol–water partition coefficient (Wildman–Crippen LogP) is 1.96. The number of aromatic carboxylic acids is 1. The molecule has 2 unspecified atom stereocenters. The molecule has 0 spiro atoms. The summed E-state index contributed by atoms with van der Waals surface area (Å²) in [6, 6.07) is 0.937.